The molecule has 0 spiro atoms. The van der Waals surface area contributed by atoms with Crippen molar-refractivity contribution in [1.29, 1.82) is 0 Å². The molecule has 0 aliphatic heterocycles. The molecule has 0 rings (SSSR count). The van der Waals surface area contributed by atoms with Crippen molar-refractivity contribution in [1.82, 2.24) is 5.32 Å². The number of aliphatic hydroxyl groups is 1. The molecule has 0 bridgehead atoms. The van der Waals surface area contributed by atoms with Gasteiger partial charge in [0.25, 0.3) is 0 Å². The number of aliphatic hydroxyl groups excluding tert-OH is 1. The van der Waals surface area contributed by atoms with Crippen LogP contribution in [0.3, 0.4) is 0 Å². The highest BCUT2D eigenvalue weighted by Gasteiger charge is 2.26. The van der Waals surface area contributed by atoms with E-state index in [1.165, 1.54) is 135 Å². The number of hydrogen-bond acceptors (Lipinski definition) is 6. The lowest BCUT2D eigenvalue weighted by Crippen LogP contribution is -2.45. The summed E-state index contributed by atoms with van der Waals surface area (Å²) in [6, 6.07) is -0.871. The van der Waals surface area contributed by atoms with Crippen molar-refractivity contribution < 1.29 is 28.4 Å². The third-order valence-electron chi connectivity index (χ3n) is 9.03. The van der Waals surface area contributed by atoms with Gasteiger partial charge in [-0.25, -0.2) is 4.57 Å². The third kappa shape index (κ3) is 35.2. The largest absolute Gasteiger partial charge is 0.472 e. The Morgan fingerprint density at radius 3 is 1.57 bits per heavy atom. The number of nitrogens with one attached hydrogen (secondary N) is 1. The molecule has 0 fully saturated rings. The van der Waals surface area contributed by atoms with Crippen molar-refractivity contribution >= 4 is 13.7 Å². The Labute approximate surface area is 302 Å². The second-order valence-corrected chi connectivity index (χ2v) is 15.3. The maximum atomic E-state index is 12.7. The van der Waals surface area contributed by atoms with Crippen molar-refractivity contribution in [2.24, 2.45) is 5.73 Å². The van der Waals surface area contributed by atoms with Gasteiger partial charge in [0.15, 0.2) is 0 Å². The van der Waals surface area contributed by atoms with Crippen LogP contribution in [0.1, 0.15) is 194 Å². The molecule has 290 valence electrons. The van der Waals surface area contributed by atoms with Gasteiger partial charge in [-0.05, 0) is 32.1 Å². The van der Waals surface area contributed by atoms with E-state index in [4.69, 9.17) is 14.8 Å². The topological polar surface area (TPSA) is 131 Å². The molecule has 1 amide bonds. The zero-order valence-electron chi connectivity index (χ0n) is 31.9. The second-order valence-electron chi connectivity index (χ2n) is 13.8. The Bertz CT molecular complexity index is 825. The maximum Gasteiger partial charge on any atom is 0.472 e. The molecule has 9 heteroatoms. The normalized spacial score (nSPS) is 14.5. The minimum Gasteiger partial charge on any atom is -0.387 e. The Morgan fingerprint density at radius 2 is 1.08 bits per heavy atom. The summed E-state index contributed by atoms with van der Waals surface area (Å²) >= 11 is 0. The number of carbonyl (C=O) groups excluding carboxylic acids is 1. The van der Waals surface area contributed by atoms with Crippen LogP contribution in [0, 0.1) is 0 Å². The minimum absolute atomic E-state index is 0.0757. The van der Waals surface area contributed by atoms with E-state index >= 15 is 0 Å². The van der Waals surface area contributed by atoms with E-state index in [1.807, 2.05) is 6.08 Å². The molecular weight excluding hydrogens is 635 g/mol. The van der Waals surface area contributed by atoms with Gasteiger partial charge >= 0.3 is 7.82 Å². The fraction of sp³-hybridized carbons (Fsp3) is 0.875. The monoisotopic (exact) mass is 715 g/mol. The highest BCUT2D eigenvalue weighted by atomic mass is 31.2. The molecule has 0 aromatic heterocycles. The van der Waals surface area contributed by atoms with Crippen LogP contribution in [0.5, 0.6) is 0 Å². The molecule has 3 unspecified atom stereocenters. The lowest BCUT2D eigenvalue weighted by Gasteiger charge is -2.23. The Kier molecular flexibility index (Phi) is 36.0. The quantitative estimate of drug-likeness (QED) is 0.0284. The predicted molar refractivity (Wildman–Crippen MR) is 208 cm³/mol. The van der Waals surface area contributed by atoms with Crippen LogP contribution in [0.4, 0.5) is 0 Å². The molecule has 0 heterocycles. The third-order valence-corrected chi connectivity index (χ3v) is 10.0. The van der Waals surface area contributed by atoms with E-state index in [-0.39, 0.29) is 25.7 Å². The van der Waals surface area contributed by atoms with E-state index in [0.717, 1.165) is 38.5 Å². The van der Waals surface area contributed by atoms with Crippen molar-refractivity contribution in [3.63, 3.8) is 0 Å². The van der Waals surface area contributed by atoms with Crippen molar-refractivity contribution in [2.75, 3.05) is 19.8 Å². The Balaban J connectivity index is 4.29. The fourth-order valence-electron chi connectivity index (χ4n) is 5.91. The number of phosphoric acid groups is 1. The minimum atomic E-state index is -4.34. The summed E-state index contributed by atoms with van der Waals surface area (Å²) in [5, 5.41) is 13.6. The van der Waals surface area contributed by atoms with E-state index in [1.54, 1.807) is 6.08 Å². The van der Waals surface area contributed by atoms with Gasteiger partial charge in [-0.15, -0.1) is 0 Å². The van der Waals surface area contributed by atoms with Crippen molar-refractivity contribution in [2.45, 2.75) is 206 Å². The summed E-state index contributed by atoms with van der Waals surface area (Å²) in [6.45, 7) is 4.11. The number of allylic oxidation sites excluding steroid dienone is 3. The van der Waals surface area contributed by atoms with Crippen LogP contribution in [0.2, 0.25) is 0 Å². The molecule has 0 aromatic carbocycles. The summed E-state index contributed by atoms with van der Waals surface area (Å²) in [4.78, 5) is 22.6. The number of nitrogens with two attached hydrogens (primary N) is 1. The van der Waals surface area contributed by atoms with Gasteiger partial charge in [0.05, 0.1) is 25.4 Å². The van der Waals surface area contributed by atoms with Gasteiger partial charge < -0.3 is 21.1 Å². The summed E-state index contributed by atoms with van der Waals surface area (Å²) in [7, 11) is -4.34. The molecule has 0 aliphatic rings. The van der Waals surface area contributed by atoms with Gasteiger partial charge in [-0.2, -0.15) is 0 Å². The molecule has 0 saturated heterocycles. The summed E-state index contributed by atoms with van der Waals surface area (Å²) in [5.74, 6) is -0.204. The van der Waals surface area contributed by atoms with Crippen LogP contribution in [-0.2, 0) is 18.4 Å². The van der Waals surface area contributed by atoms with E-state index < -0.39 is 20.0 Å². The zero-order valence-corrected chi connectivity index (χ0v) is 32.8. The highest BCUT2D eigenvalue weighted by Crippen LogP contribution is 2.43. The molecule has 49 heavy (non-hydrogen) atoms. The Hall–Kier alpha value is -1.02. The molecule has 8 nitrogen and oxygen atoms in total. The van der Waals surface area contributed by atoms with Gasteiger partial charge in [0.2, 0.25) is 5.91 Å². The number of amides is 1. The first kappa shape index (κ1) is 48.0. The van der Waals surface area contributed by atoms with Crippen LogP contribution < -0.4 is 11.1 Å². The number of phosphoric ester groups is 1. The number of rotatable bonds is 38. The lowest BCUT2D eigenvalue weighted by molar-refractivity contribution is -0.123. The smallest absolute Gasteiger partial charge is 0.387 e. The van der Waals surface area contributed by atoms with Crippen molar-refractivity contribution in [3.8, 4) is 0 Å². The molecule has 0 aromatic rings. The standard InChI is InChI=1S/C40H79N2O6P/c1-3-5-7-9-11-13-15-17-18-19-20-21-22-23-25-27-29-31-33-39(43)38(37-48-49(45,46)47-36-35-41)42-40(44)34-32-30-28-26-24-16-14-12-10-8-6-4-2/h23,25,31,33,38-39,43H,3-22,24,26-30,32,34-37,41H2,1-2H3,(H,42,44)(H,45,46)/b25-23+,33-31+. The number of unbranched alkanes of at least 4 members (excludes halogenated alkanes) is 24. The maximum absolute atomic E-state index is 12.7. The molecule has 0 radical (unpaired) electrons. The average Bonchev–Trinajstić information content (AvgIpc) is 3.09. The fourth-order valence-corrected chi connectivity index (χ4v) is 6.67. The molecule has 0 aliphatic carbocycles. The molecule has 0 saturated carbocycles. The Morgan fingerprint density at radius 1 is 0.653 bits per heavy atom. The van der Waals surface area contributed by atoms with Crippen molar-refractivity contribution in [3.05, 3.63) is 24.3 Å². The molecule has 3 atom stereocenters. The van der Waals surface area contributed by atoms with Crippen LogP contribution >= 0.6 is 7.82 Å². The average molecular weight is 715 g/mol. The van der Waals surface area contributed by atoms with Gasteiger partial charge in [-0.1, -0.05) is 179 Å². The zero-order chi connectivity index (χ0) is 36.1. The summed E-state index contributed by atoms with van der Waals surface area (Å²) < 4.78 is 22.0. The lowest BCUT2D eigenvalue weighted by atomic mass is 10.0. The number of carbonyl (C=O) groups is 1. The predicted octanol–water partition coefficient (Wildman–Crippen LogP) is 11.0. The molecule has 5 N–H and O–H groups in total. The summed E-state index contributed by atoms with van der Waals surface area (Å²) in [5.41, 5.74) is 5.36. The van der Waals surface area contributed by atoms with E-state index in [9.17, 15) is 19.4 Å². The SMILES string of the molecule is CCCCCCCCCCCCCC/C=C/CC/C=C/C(O)C(COP(=O)(O)OCCN)NC(=O)CCCCCCCCCCCCCC. The van der Waals surface area contributed by atoms with Crippen LogP contribution in [0.15, 0.2) is 24.3 Å². The van der Waals surface area contributed by atoms with E-state index in [0.29, 0.717) is 6.42 Å². The van der Waals surface area contributed by atoms with Crippen LogP contribution in [-0.4, -0.2) is 47.8 Å². The first-order chi connectivity index (χ1) is 23.9. The first-order valence-corrected chi connectivity index (χ1v) is 22.0. The van der Waals surface area contributed by atoms with Gasteiger partial charge in [0, 0.05) is 13.0 Å². The van der Waals surface area contributed by atoms with Gasteiger partial charge in [0.1, 0.15) is 0 Å². The number of hydrogen-bond donors (Lipinski definition) is 4. The summed E-state index contributed by atoms with van der Waals surface area (Å²) in [6.07, 6.45) is 40.8. The highest BCUT2D eigenvalue weighted by molar-refractivity contribution is 7.47. The first-order valence-electron chi connectivity index (χ1n) is 20.5. The molecular formula is C40H79N2O6P. The second kappa shape index (κ2) is 36.8. The van der Waals surface area contributed by atoms with E-state index in [2.05, 4.69) is 31.3 Å². The van der Waals surface area contributed by atoms with Crippen LogP contribution in [0.25, 0.3) is 0 Å². The van der Waals surface area contributed by atoms with Gasteiger partial charge in [-0.3, -0.25) is 13.8 Å².